The summed E-state index contributed by atoms with van der Waals surface area (Å²) in [6, 6.07) is 4.06. The van der Waals surface area contributed by atoms with Gasteiger partial charge >= 0.3 is 0 Å². The van der Waals surface area contributed by atoms with Crippen LogP contribution in [-0.2, 0) is 0 Å². The number of anilines is 1. The minimum Gasteiger partial charge on any atom is -0.387 e. The maximum absolute atomic E-state index is 9.48. The zero-order valence-electron chi connectivity index (χ0n) is 11.0. The average molecular weight is 246 g/mol. The molecule has 3 heteroatoms. The van der Waals surface area contributed by atoms with E-state index in [9.17, 15) is 5.11 Å². The average Bonchev–Trinajstić information content (AvgIpc) is 2.38. The molecule has 3 rings (SSSR count). The Kier molecular flexibility index (Phi) is 3.25. The lowest BCUT2D eigenvalue weighted by atomic mass is 9.78. The van der Waals surface area contributed by atoms with Crippen LogP contribution in [0.1, 0.15) is 44.4 Å². The number of rotatable bonds is 2. The molecule has 0 radical (unpaired) electrons. The Labute approximate surface area is 109 Å². The Balaban J connectivity index is 1.74. The largest absolute Gasteiger partial charge is 0.387 e. The molecule has 1 aromatic rings. The van der Waals surface area contributed by atoms with Gasteiger partial charge in [0.25, 0.3) is 0 Å². The third kappa shape index (κ3) is 2.37. The van der Waals surface area contributed by atoms with E-state index >= 15 is 0 Å². The van der Waals surface area contributed by atoms with Crippen LogP contribution in [0, 0.1) is 11.8 Å². The smallest absolute Gasteiger partial charge is 0.0931 e. The molecule has 2 heterocycles. The summed E-state index contributed by atoms with van der Waals surface area (Å²) in [5.41, 5.74) is 1.98. The van der Waals surface area contributed by atoms with Crippen molar-refractivity contribution in [1.29, 1.82) is 0 Å². The lowest BCUT2D eigenvalue weighted by Gasteiger charge is -2.42. The highest BCUT2D eigenvalue weighted by molar-refractivity contribution is 5.45. The molecule has 18 heavy (non-hydrogen) atoms. The molecule has 1 N–H and O–H groups in total. The van der Waals surface area contributed by atoms with Gasteiger partial charge in [0.1, 0.15) is 0 Å². The zero-order chi connectivity index (χ0) is 12.5. The van der Waals surface area contributed by atoms with Crippen molar-refractivity contribution in [1.82, 2.24) is 4.98 Å². The van der Waals surface area contributed by atoms with E-state index in [0.717, 1.165) is 17.5 Å². The van der Waals surface area contributed by atoms with Crippen molar-refractivity contribution in [2.75, 3.05) is 18.0 Å². The molecule has 2 aliphatic rings. The Morgan fingerprint density at radius 2 is 2.00 bits per heavy atom. The summed E-state index contributed by atoms with van der Waals surface area (Å²) in [7, 11) is 0. The third-order valence-electron chi connectivity index (χ3n) is 4.41. The number of piperidine rings is 1. The van der Waals surface area contributed by atoms with Gasteiger partial charge in [-0.3, -0.25) is 4.98 Å². The van der Waals surface area contributed by atoms with Crippen molar-refractivity contribution >= 4 is 5.69 Å². The summed E-state index contributed by atoms with van der Waals surface area (Å²) in [6.45, 7) is 4.13. The van der Waals surface area contributed by atoms with Crippen LogP contribution in [0.2, 0.25) is 0 Å². The second-order valence-corrected chi connectivity index (χ2v) is 5.92. The molecule has 2 fully saturated rings. The Bertz CT molecular complexity index is 389. The van der Waals surface area contributed by atoms with Gasteiger partial charge in [-0.05, 0) is 50.2 Å². The molecule has 3 atom stereocenters. The first-order valence-corrected chi connectivity index (χ1v) is 7.11. The Morgan fingerprint density at radius 1 is 1.28 bits per heavy atom. The van der Waals surface area contributed by atoms with E-state index in [1.807, 2.05) is 12.3 Å². The fourth-order valence-electron chi connectivity index (χ4n) is 3.47. The fraction of sp³-hybridized carbons (Fsp3) is 0.667. The highest BCUT2D eigenvalue weighted by Crippen LogP contribution is 2.36. The van der Waals surface area contributed by atoms with E-state index in [0.29, 0.717) is 0 Å². The molecule has 2 unspecified atom stereocenters. The first-order chi connectivity index (χ1) is 8.72. The number of aliphatic hydroxyl groups excluding tert-OH is 1. The number of aliphatic hydroxyl groups is 1. The number of fused-ring (bicyclic) bond motifs is 2. The van der Waals surface area contributed by atoms with Gasteiger partial charge in [-0.2, -0.15) is 0 Å². The van der Waals surface area contributed by atoms with Crippen LogP contribution >= 0.6 is 0 Å². The van der Waals surface area contributed by atoms with Gasteiger partial charge in [-0.25, -0.2) is 0 Å². The summed E-state index contributed by atoms with van der Waals surface area (Å²) in [5.74, 6) is 1.77. The van der Waals surface area contributed by atoms with Gasteiger partial charge in [-0.1, -0.05) is 6.42 Å². The quantitative estimate of drug-likeness (QED) is 0.871. The Morgan fingerprint density at radius 3 is 2.56 bits per heavy atom. The predicted molar refractivity (Wildman–Crippen MR) is 72.5 cm³/mol. The molecule has 0 spiro atoms. The summed E-state index contributed by atoms with van der Waals surface area (Å²) in [4.78, 5) is 6.84. The standard InChI is InChI=1S/C15H22N2O/c1-11(18)15-6-5-14(8-16-15)17-9-12-3-2-4-13(7-12)10-17/h5-6,8,11-13,18H,2-4,7,9-10H2,1H3/t11-,12?,13?/m0/s1. The van der Waals surface area contributed by atoms with Crippen molar-refractivity contribution in [3.05, 3.63) is 24.0 Å². The van der Waals surface area contributed by atoms with Crippen molar-refractivity contribution < 1.29 is 5.11 Å². The van der Waals surface area contributed by atoms with Crippen molar-refractivity contribution in [2.24, 2.45) is 11.8 Å². The summed E-state index contributed by atoms with van der Waals surface area (Å²) >= 11 is 0. The minimum atomic E-state index is -0.472. The topological polar surface area (TPSA) is 36.4 Å². The SMILES string of the molecule is C[C@H](O)c1ccc(N2CC3CCCC(C3)C2)cn1. The molecule has 3 nitrogen and oxygen atoms in total. The van der Waals surface area contributed by atoms with E-state index < -0.39 is 6.10 Å². The lowest BCUT2D eigenvalue weighted by molar-refractivity contribution is 0.194. The van der Waals surface area contributed by atoms with Gasteiger partial charge < -0.3 is 10.0 Å². The second kappa shape index (κ2) is 4.88. The van der Waals surface area contributed by atoms with Crippen LogP contribution in [-0.4, -0.2) is 23.2 Å². The first-order valence-electron chi connectivity index (χ1n) is 7.11. The van der Waals surface area contributed by atoms with E-state index in [4.69, 9.17) is 0 Å². The number of hydrogen-bond donors (Lipinski definition) is 1. The van der Waals surface area contributed by atoms with Crippen molar-refractivity contribution in [2.45, 2.75) is 38.7 Å². The maximum atomic E-state index is 9.48. The molecule has 98 valence electrons. The van der Waals surface area contributed by atoms with Crippen LogP contribution in [0.4, 0.5) is 5.69 Å². The molecule has 1 saturated carbocycles. The van der Waals surface area contributed by atoms with Crippen LogP contribution in [0.5, 0.6) is 0 Å². The van der Waals surface area contributed by atoms with E-state index in [-0.39, 0.29) is 0 Å². The highest BCUT2D eigenvalue weighted by atomic mass is 16.3. The van der Waals surface area contributed by atoms with E-state index in [2.05, 4.69) is 16.0 Å². The van der Waals surface area contributed by atoms with Gasteiger partial charge in [-0.15, -0.1) is 0 Å². The normalized spacial score (nSPS) is 29.1. The van der Waals surface area contributed by atoms with Gasteiger partial charge in [0.15, 0.2) is 0 Å². The maximum Gasteiger partial charge on any atom is 0.0931 e. The number of nitrogens with zero attached hydrogens (tertiary/aromatic N) is 2. The molecule has 0 amide bonds. The number of pyridine rings is 1. The molecular formula is C15H22N2O. The third-order valence-corrected chi connectivity index (χ3v) is 4.41. The number of aromatic nitrogens is 1. The first kappa shape index (κ1) is 12.0. The van der Waals surface area contributed by atoms with Crippen LogP contribution < -0.4 is 4.90 Å². The van der Waals surface area contributed by atoms with Crippen LogP contribution in [0.3, 0.4) is 0 Å². The molecule has 0 aromatic carbocycles. The van der Waals surface area contributed by atoms with Crippen molar-refractivity contribution in [3.8, 4) is 0 Å². The molecular weight excluding hydrogens is 224 g/mol. The molecule has 2 bridgehead atoms. The molecule has 1 aliphatic carbocycles. The minimum absolute atomic E-state index is 0.472. The van der Waals surface area contributed by atoms with E-state index in [1.165, 1.54) is 44.5 Å². The zero-order valence-corrected chi connectivity index (χ0v) is 11.0. The molecule has 1 aromatic heterocycles. The Hall–Kier alpha value is -1.09. The van der Waals surface area contributed by atoms with Crippen LogP contribution in [0.25, 0.3) is 0 Å². The number of hydrogen-bond acceptors (Lipinski definition) is 3. The van der Waals surface area contributed by atoms with Gasteiger partial charge in [0, 0.05) is 13.1 Å². The van der Waals surface area contributed by atoms with Crippen molar-refractivity contribution in [3.63, 3.8) is 0 Å². The molecule has 1 saturated heterocycles. The highest BCUT2D eigenvalue weighted by Gasteiger charge is 2.30. The predicted octanol–water partition coefficient (Wildman–Crippen LogP) is 2.76. The van der Waals surface area contributed by atoms with Crippen LogP contribution in [0.15, 0.2) is 18.3 Å². The van der Waals surface area contributed by atoms with E-state index in [1.54, 1.807) is 6.92 Å². The second-order valence-electron chi connectivity index (χ2n) is 5.92. The fourth-order valence-corrected chi connectivity index (χ4v) is 3.47. The summed E-state index contributed by atoms with van der Waals surface area (Å²) in [5, 5.41) is 9.48. The lowest BCUT2D eigenvalue weighted by Crippen LogP contribution is -2.42. The monoisotopic (exact) mass is 246 g/mol. The van der Waals surface area contributed by atoms with Gasteiger partial charge in [0.05, 0.1) is 23.7 Å². The summed E-state index contributed by atoms with van der Waals surface area (Å²) < 4.78 is 0. The molecule has 1 aliphatic heterocycles. The van der Waals surface area contributed by atoms with Gasteiger partial charge in [0.2, 0.25) is 0 Å². The summed E-state index contributed by atoms with van der Waals surface area (Å²) in [6.07, 6.45) is 7.08.